The lowest BCUT2D eigenvalue weighted by molar-refractivity contribution is -0.276. The van der Waals surface area contributed by atoms with Gasteiger partial charge in [-0.25, -0.2) is 4.79 Å². The Hall–Kier alpha value is -4.13. The first-order valence-electron chi connectivity index (χ1n) is 16.1. The molecule has 248 valence electrons. The highest BCUT2D eigenvalue weighted by Gasteiger charge is 2.41. The van der Waals surface area contributed by atoms with Crippen molar-refractivity contribution < 1.29 is 38.8 Å². The van der Waals surface area contributed by atoms with E-state index in [2.05, 4.69) is 17.1 Å². The van der Waals surface area contributed by atoms with Gasteiger partial charge in [0, 0.05) is 31.1 Å². The molecule has 3 N–H and O–H groups in total. The van der Waals surface area contributed by atoms with E-state index in [0.29, 0.717) is 13.1 Å². The van der Waals surface area contributed by atoms with E-state index in [1.54, 1.807) is 0 Å². The number of benzene rings is 3. The molecule has 6 rings (SSSR count). The first kappa shape index (κ1) is 32.8. The molecule has 6 unspecified atom stereocenters. The van der Waals surface area contributed by atoms with E-state index in [0.717, 1.165) is 45.7 Å². The average Bonchev–Trinajstić information content (AvgIpc) is 3.62. The number of ether oxygens (including phenoxy) is 3. The Morgan fingerprint density at radius 1 is 0.936 bits per heavy atom. The highest BCUT2D eigenvalue weighted by atomic mass is 16.7. The second-order valence-electron chi connectivity index (χ2n) is 12.5. The van der Waals surface area contributed by atoms with Gasteiger partial charge in [0.2, 0.25) is 5.91 Å². The number of hydrogen-bond donors (Lipinski definition) is 3. The SMILES string of the molecule is CC1C(CN2CCC(O)C2)OC(c2ccc(CN3C(=O)CC(NC(=O)OCc4ccccc4)C3=O)cc2)OC1c1ccc(CO)cc1. The molecule has 3 aromatic carbocycles. The molecule has 3 aromatic rings. The second kappa shape index (κ2) is 14.7. The number of aliphatic hydroxyl groups is 2. The number of nitrogens with one attached hydrogen (secondary N) is 1. The van der Waals surface area contributed by atoms with Crippen LogP contribution < -0.4 is 5.32 Å². The Labute approximate surface area is 274 Å². The van der Waals surface area contributed by atoms with Gasteiger partial charge in [0.25, 0.3) is 5.91 Å². The van der Waals surface area contributed by atoms with Crippen molar-refractivity contribution in [2.24, 2.45) is 5.92 Å². The van der Waals surface area contributed by atoms with Crippen LogP contribution >= 0.6 is 0 Å². The molecule has 0 saturated carbocycles. The smallest absolute Gasteiger partial charge is 0.408 e. The molecule has 3 saturated heterocycles. The van der Waals surface area contributed by atoms with Gasteiger partial charge in [-0.05, 0) is 28.7 Å². The molecule has 3 aliphatic rings. The van der Waals surface area contributed by atoms with Crippen molar-refractivity contribution in [3.63, 3.8) is 0 Å². The van der Waals surface area contributed by atoms with Crippen LogP contribution in [0, 0.1) is 5.92 Å². The fourth-order valence-electron chi connectivity index (χ4n) is 6.39. The van der Waals surface area contributed by atoms with Gasteiger partial charge >= 0.3 is 6.09 Å². The number of nitrogens with zero attached hydrogens (tertiary/aromatic N) is 2. The van der Waals surface area contributed by atoms with Crippen LogP contribution in [0.5, 0.6) is 0 Å². The summed E-state index contributed by atoms with van der Waals surface area (Å²) in [5.41, 5.74) is 4.16. The third-order valence-electron chi connectivity index (χ3n) is 9.15. The van der Waals surface area contributed by atoms with Crippen LogP contribution in [0.1, 0.15) is 60.0 Å². The molecular weight excluding hydrogens is 602 g/mol. The van der Waals surface area contributed by atoms with Gasteiger partial charge in [0.15, 0.2) is 6.29 Å². The lowest BCUT2D eigenvalue weighted by atomic mass is 9.90. The van der Waals surface area contributed by atoms with E-state index >= 15 is 0 Å². The maximum atomic E-state index is 13.0. The van der Waals surface area contributed by atoms with Gasteiger partial charge in [0.1, 0.15) is 12.6 Å². The summed E-state index contributed by atoms with van der Waals surface area (Å²) >= 11 is 0. The average molecular weight is 644 g/mol. The van der Waals surface area contributed by atoms with Crippen LogP contribution in [0.15, 0.2) is 78.9 Å². The molecule has 0 radical (unpaired) electrons. The number of rotatable bonds is 10. The molecule has 6 atom stereocenters. The summed E-state index contributed by atoms with van der Waals surface area (Å²) in [5, 5.41) is 22.1. The molecule has 0 aromatic heterocycles. The minimum Gasteiger partial charge on any atom is -0.445 e. The fraction of sp³-hybridized carbons (Fsp3) is 0.417. The quantitative estimate of drug-likeness (QED) is 0.283. The van der Waals surface area contributed by atoms with Crippen LogP contribution in [0.4, 0.5) is 4.79 Å². The van der Waals surface area contributed by atoms with E-state index in [4.69, 9.17) is 14.2 Å². The maximum absolute atomic E-state index is 13.0. The van der Waals surface area contributed by atoms with E-state index in [1.165, 1.54) is 0 Å². The predicted octanol–water partition coefficient (Wildman–Crippen LogP) is 3.59. The third kappa shape index (κ3) is 7.89. The Bertz CT molecular complexity index is 1530. The number of likely N-dealkylation sites (tertiary alicyclic amines) is 2. The molecule has 0 spiro atoms. The zero-order valence-electron chi connectivity index (χ0n) is 26.4. The summed E-state index contributed by atoms with van der Waals surface area (Å²) in [4.78, 5) is 41.5. The molecule has 3 aliphatic heterocycles. The normalized spacial score (nSPS) is 26.5. The number of β-amino-alcohol motifs (C(OH)–C–C–N with tert-alkyl or cyclic N) is 1. The zero-order chi connectivity index (χ0) is 32.9. The molecule has 3 amide bonds. The first-order chi connectivity index (χ1) is 22.8. The van der Waals surface area contributed by atoms with E-state index < -0.39 is 24.3 Å². The van der Waals surface area contributed by atoms with Crippen molar-refractivity contribution in [2.45, 2.75) is 70.2 Å². The number of aliphatic hydroxyl groups excluding tert-OH is 2. The summed E-state index contributed by atoms with van der Waals surface area (Å²) < 4.78 is 18.3. The van der Waals surface area contributed by atoms with Crippen molar-refractivity contribution >= 4 is 17.9 Å². The number of hydrogen-bond acceptors (Lipinski definition) is 9. The number of carbonyl (C=O) groups excluding carboxylic acids is 3. The molecule has 11 nitrogen and oxygen atoms in total. The fourth-order valence-corrected chi connectivity index (χ4v) is 6.39. The summed E-state index contributed by atoms with van der Waals surface area (Å²) in [6, 6.07) is 23.4. The number of carbonyl (C=O) groups is 3. The Kier molecular flexibility index (Phi) is 10.3. The van der Waals surface area contributed by atoms with E-state index in [1.807, 2.05) is 78.9 Å². The van der Waals surface area contributed by atoms with Crippen molar-refractivity contribution in [1.29, 1.82) is 0 Å². The predicted molar refractivity (Wildman–Crippen MR) is 170 cm³/mol. The van der Waals surface area contributed by atoms with Gasteiger partial charge in [0.05, 0.1) is 37.9 Å². The highest BCUT2D eigenvalue weighted by molar-refractivity contribution is 6.06. The molecular formula is C36H41N3O8. The topological polar surface area (TPSA) is 138 Å². The molecule has 3 heterocycles. The Balaban J connectivity index is 1.10. The Morgan fingerprint density at radius 2 is 1.64 bits per heavy atom. The Morgan fingerprint density at radius 3 is 2.32 bits per heavy atom. The summed E-state index contributed by atoms with van der Waals surface area (Å²) in [6.45, 7) is 4.28. The van der Waals surface area contributed by atoms with Gasteiger partial charge in [-0.1, -0.05) is 85.8 Å². The monoisotopic (exact) mass is 643 g/mol. The summed E-state index contributed by atoms with van der Waals surface area (Å²) in [7, 11) is 0. The van der Waals surface area contributed by atoms with Gasteiger partial charge in [-0.15, -0.1) is 0 Å². The number of imide groups is 1. The van der Waals surface area contributed by atoms with E-state index in [9.17, 15) is 24.6 Å². The van der Waals surface area contributed by atoms with Crippen molar-refractivity contribution in [2.75, 3.05) is 19.6 Å². The summed E-state index contributed by atoms with van der Waals surface area (Å²) in [6.07, 6.45) is -1.56. The zero-order valence-corrected chi connectivity index (χ0v) is 26.4. The number of amides is 3. The largest absolute Gasteiger partial charge is 0.445 e. The van der Waals surface area contributed by atoms with E-state index in [-0.39, 0.29) is 56.3 Å². The van der Waals surface area contributed by atoms with Crippen LogP contribution in [0.25, 0.3) is 0 Å². The van der Waals surface area contributed by atoms with Gasteiger partial charge < -0.3 is 29.7 Å². The van der Waals surface area contributed by atoms with Crippen molar-refractivity contribution in [1.82, 2.24) is 15.1 Å². The van der Waals surface area contributed by atoms with Crippen LogP contribution in [0.3, 0.4) is 0 Å². The molecule has 3 fully saturated rings. The van der Waals surface area contributed by atoms with Gasteiger partial charge in [-0.3, -0.25) is 19.4 Å². The van der Waals surface area contributed by atoms with Crippen molar-refractivity contribution in [3.8, 4) is 0 Å². The molecule has 0 aliphatic carbocycles. The van der Waals surface area contributed by atoms with Crippen LogP contribution in [-0.2, 0) is 43.6 Å². The van der Waals surface area contributed by atoms with Crippen molar-refractivity contribution in [3.05, 3.63) is 107 Å². The third-order valence-corrected chi connectivity index (χ3v) is 9.15. The first-order valence-corrected chi connectivity index (χ1v) is 16.1. The number of alkyl carbamates (subject to hydrolysis) is 1. The maximum Gasteiger partial charge on any atom is 0.408 e. The summed E-state index contributed by atoms with van der Waals surface area (Å²) in [5.74, 6) is -0.827. The minimum absolute atomic E-state index is 0.0209. The standard InChI is InChI=1S/C36H41N3O8/c1-23-31(20-38-16-15-29(41)19-38)46-35(47-33(23)27-11-9-25(21-40)10-12-27)28-13-7-24(8-14-28)18-39-32(42)17-30(34(39)43)37-36(44)45-22-26-5-3-2-4-6-26/h2-14,23,29-31,33,35,40-41H,15-22H2,1H3,(H,37,44). The second-order valence-corrected chi connectivity index (χ2v) is 12.5. The molecule has 0 bridgehead atoms. The molecule has 47 heavy (non-hydrogen) atoms. The minimum atomic E-state index is -0.979. The van der Waals surface area contributed by atoms with Crippen LogP contribution in [-0.4, -0.2) is 75.8 Å². The lowest BCUT2D eigenvalue weighted by Crippen LogP contribution is -2.44. The van der Waals surface area contributed by atoms with Gasteiger partial charge in [-0.2, -0.15) is 0 Å². The van der Waals surface area contributed by atoms with Crippen LogP contribution in [0.2, 0.25) is 0 Å². The lowest BCUT2D eigenvalue weighted by Gasteiger charge is -2.42. The highest BCUT2D eigenvalue weighted by Crippen LogP contribution is 2.42. The molecule has 11 heteroatoms.